The second-order valence-electron chi connectivity index (χ2n) is 10.1. The SMILES string of the molecule is CCN(CC)c1cc(C(=O)CN2Cc3cc(OC)c(OC)c(F)c3C2=N)cc(C(C)(C)C)c1OCC(=O)O. The summed E-state index contributed by atoms with van der Waals surface area (Å²) in [5.41, 5.74) is 1.90. The fourth-order valence-electron chi connectivity index (χ4n) is 4.64. The summed E-state index contributed by atoms with van der Waals surface area (Å²) in [6, 6.07) is 5.06. The largest absolute Gasteiger partial charge is 0.493 e. The highest BCUT2D eigenvalue weighted by molar-refractivity contribution is 6.06. The molecular weight excluding hydrogens is 493 g/mol. The molecule has 2 N–H and O–H groups in total. The third-order valence-electron chi connectivity index (χ3n) is 6.59. The summed E-state index contributed by atoms with van der Waals surface area (Å²) in [6.45, 7) is 10.6. The lowest BCUT2D eigenvalue weighted by molar-refractivity contribution is -0.139. The predicted octanol–water partition coefficient (Wildman–Crippen LogP) is 4.47. The van der Waals surface area contributed by atoms with Gasteiger partial charge in [0.15, 0.2) is 29.7 Å². The fourth-order valence-corrected chi connectivity index (χ4v) is 4.64. The van der Waals surface area contributed by atoms with Gasteiger partial charge in [0.1, 0.15) is 11.6 Å². The molecule has 0 aliphatic carbocycles. The highest BCUT2D eigenvalue weighted by Crippen LogP contribution is 2.41. The number of carboxylic acid groups (broad SMARTS) is 1. The number of nitrogens with zero attached hydrogens (tertiary/aromatic N) is 2. The number of nitrogens with one attached hydrogen (secondary N) is 1. The van der Waals surface area contributed by atoms with Crippen LogP contribution in [0.4, 0.5) is 10.1 Å². The molecule has 0 aromatic heterocycles. The average Bonchev–Trinajstić information content (AvgIpc) is 3.17. The standard InChI is InChI=1S/C28H36FN3O6/c1-8-31(9-2)19-11-16(10-18(28(3,4)5)25(19)38-15-22(34)35)20(33)14-32-13-17-12-21(36-6)26(37-7)24(29)23(17)27(32)30/h10-12,30H,8-9,13-15H2,1-7H3,(H,34,35). The van der Waals surface area contributed by atoms with Crippen molar-refractivity contribution in [3.63, 3.8) is 0 Å². The fraction of sp³-hybridized carbons (Fsp3) is 0.464. The molecule has 3 rings (SSSR count). The first-order valence-electron chi connectivity index (χ1n) is 12.5. The Morgan fingerprint density at radius 3 is 2.29 bits per heavy atom. The zero-order valence-electron chi connectivity index (χ0n) is 23.0. The highest BCUT2D eigenvalue weighted by Gasteiger charge is 2.33. The van der Waals surface area contributed by atoms with Crippen LogP contribution < -0.4 is 19.1 Å². The monoisotopic (exact) mass is 529 g/mol. The van der Waals surface area contributed by atoms with Gasteiger partial charge in [-0.3, -0.25) is 10.2 Å². The molecule has 1 heterocycles. The van der Waals surface area contributed by atoms with Gasteiger partial charge in [0.05, 0.1) is 32.0 Å². The molecule has 0 spiro atoms. The third-order valence-corrected chi connectivity index (χ3v) is 6.59. The maximum atomic E-state index is 15.2. The Morgan fingerprint density at radius 1 is 1.11 bits per heavy atom. The second kappa shape index (κ2) is 11.3. The minimum Gasteiger partial charge on any atom is -0.493 e. The summed E-state index contributed by atoms with van der Waals surface area (Å²) < 4.78 is 31.3. The van der Waals surface area contributed by atoms with Crippen molar-refractivity contribution >= 4 is 23.3 Å². The van der Waals surface area contributed by atoms with Crippen LogP contribution in [0.25, 0.3) is 0 Å². The Bertz CT molecular complexity index is 1250. The molecule has 1 aliphatic rings. The molecule has 0 unspecified atom stereocenters. The number of amidine groups is 1. The van der Waals surface area contributed by atoms with Crippen LogP contribution in [0.1, 0.15) is 61.7 Å². The van der Waals surface area contributed by atoms with Crippen LogP contribution in [0.3, 0.4) is 0 Å². The Hall–Kier alpha value is -3.82. The second-order valence-corrected chi connectivity index (χ2v) is 10.1. The van der Waals surface area contributed by atoms with Crippen molar-refractivity contribution in [2.45, 2.75) is 46.6 Å². The summed E-state index contributed by atoms with van der Waals surface area (Å²) in [7, 11) is 2.74. The van der Waals surface area contributed by atoms with E-state index in [9.17, 15) is 14.7 Å². The molecule has 2 aromatic carbocycles. The van der Waals surface area contributed by atoms with Crippen molar-refractivity contribution in [2.75, 3.05) is 45.4 Å². The van der Waals surface area contributed by atoms with Crippen molar-refractivity contribution in [3.05, 3.63) is 46.3 Å². The Balaban J connectivity index is 2.02. The third kappa shape index (κ3) is 5.54. The number of hydrogen-bond acceptors (Lipinski definition) is 7. The van der Waals surface area contributed by atoms with Gasteiger partial charge in [-0.15, -0.1) is 0 Å². The summed E-state index contributed by atoms with van der Waals surface area (Å²) in [5.74, 6) is -1.58. The topological polar surface area (TPSA) is 112 Å². The molecular formula is C28H36FN3O6. The number of fused-ring (bicyclic) bond motifs is 1. The lowest BCUT2D eigenvalue weighted by Gasteiger charge is -2.30. The van der Waals surface area contributed by atoms with Crippen LogP contribution in [-0.2, 0) is 16.8 Å². The number of carbonyl (C=O) groups is 2. The summed E-state index contributed by atoms with van der Waals surface area (Å²) in [6.07, 6.45) is 0. The van der Waals surface area contributed by atoms with Gasteiger partial charge in [-0.1, -0.05) is 20.8 Å². The van der Waals surface area contributed by atoms with Crippen LogP contribution in [0.5, 0.6) is 17.2 Å². The number of rotatable bonds is 11. The number of carboxylic acids is 1. The molecule has 0 atom stereocenters. The van der Waals surface area contributed by atoms with Gasteiger partial charge in [-0.25, -0.2) is 9.18 Å². The number of ether oxygens (including phenoxy) is 3. The number of hydrogen-bond donors (Lipinski definition) is 2. The van der Waals surface area contributed by atoms with Crippen LogP contribution in [0.15, 0.2) is 18.2 Å². The van der Waals surface area contributed by atoms with E-state index in [1.165, 1.54) is 19.1 Å². The van der Waals surface area contributed by atoms with Crippen molar-refractivity contribution in [1.82, 2.24) is 4.90 Å². The number of ketones is 1. The van der Waals surface area contributed by atoms with Crippen LogP contribution in [-0.4, -0.2) is 68.1 Å². The number of carbonyl (C=O) groups excluding carboxylic acids is 1. The molecule has 0 radical (unpaired) electrons. The highest BCUT2D eigenvalue weighted by atomic mass is 19.1. The maximum absolute atomic E-state index is 15.2. The molecule has 38 heavy (non-hydrogen) atoms. The molecule has 0 fully saturated rings. The number of anilines is 1. The Kier molecular flexibility index (Phi) is 8.54. The van der Waals surface area contributed by atoms with Crippen molar-refractivity contribution in [1.29, 1.82) is 5.41 Å². The van der Waals surface area contributed by atoms with Gasteiger partial charge in [0.2, 0.25) is 0 Å². The number of halogens is 1. The van der Waals surface area contributed by atoms with Crippen LogP contribution in [0.2, 0.25) is 0 Å². The molecule has 0 saturated heterocycles. The lowest BCUT2D eigenvalue weighted by atomic mass is 9.84. The van der Waals surface area contributed by atoms with Crippen LogP contribution >= 0.6 is 0 Å². The number of methoxy groups -OCH3 is 2. The molecule has 0 saturated carbocycles. The molecule has 0 amide bonds. The van der Waals surface area contributed by atoms with E-state index in [0.29, 0.717) is 41.2 Å². The minimum atomic E-state index is -1.09. The number of Topliss-reactive ketones (excluding diaryl/α,β-unsaturated/α-hetero) is 1. The van der Waals surface area contributed by atoms with Gasteiger partial charge >= 0.3 is 5.97 Å². The van der Waals surface area contributed by atoms with E-state index in [1.54, 1.807) is 18.2 Å². The maximum Gasteiger partial charge on any atom is 0.341 e. The summed E-state index contributed by atoms with van der Waals surface area (Å²) >= 11 is 0. The van der Waals surface area contributed by atoms with Gasteiger partial charge in [0.25, 0.3) is 0 Å². The van der Waals surface area contributed by atoms with E-state index in [-0.39, 0.29) is 41.8 Å². The Morgan fingerprint density at radius 2 is 1.76 bits per heavy atom. The van der Waals surface area contributed by atoms with Gasteiger partial charge in [0, 0.05) is 30.8 Å². The first kappa shape index (κ1) is 28.7. The average molecular weight is 530 g/mol. The molecule has 0 bridgehead atoms. The normalized spacial score (nSPS) is 12.8. The van der Waals surface area contributed by atoms with Crippen molar-refractivity contribution < 1.29 is 33.3 Å². The quantitative estimate of drug-likeness (QED) is 0.410. The lowest BCUT2D eigenvalue weighted by Crippen LogP contribution is -2.31. The zero-order valence-corrected chi connectivity index (χ0v) is 23.0. The number of benzene rings is 2. The van der Waals surface area contributed by atoms with E-state index in [4.69, 9.17) is 19.6 Å². The molecule has 206 valence electrons. The van der Waals surface area contributed by atoms with E-state index in [0.717, 1.165) is 0 Å². The smallest absolute Gasteiger partial charge is 0.341 e. The summed E-state index contributed by atoms with van der Waals surface area (Å²) in [4.78, 5) is 28.4. The minimum absolute atomic E-state index is 0.0835. The molecule has 1 aliphatic heterocycles. The van der Waals surface area contributed by atoms with Gasteiger partial charge in [-0.2, -0.15) is 0 Å². The van der Waals surface area contributed by atoms with E-state index >= 15 is 4.39 Å². The first-order valence-corrected chi connectivity index (χ1v) is 12.5. The Labute approximate surface area is 222 Å². The van der Waals surface area contributed by atoms with Crippen molar-refractivity contribution in [2.24, 2.45) is 0 Å². The van der Waals surface area contributed by atoms with Crippen LogP contribution in [0, 0.1) is 11.2 Å². The van der Waals surface area contributed by atoms with Gasteiger partial charge in [-0.05, 0) is 43.0 Å². The van der Waals surface area contributed by atoms with E-state index < -0.39 is 23.8 Å². The molecule has 2 aromatic rings. The first-order chi connectivity index (χ1) is 17.9. The predicted molar refractivity (Wildman–Crippen MR) is 143 cm³/mol. The molecule has 10 heteroatoms. The van der Waals surface area contributed by atoms with E-state index in [2.05, 4.69) is 0 Å². The van der Waals surface area contributed by atoms with Crippen molar-refractivity contribution in [3.8, 4) is 17.2 Å². The number of aliphatic carboxylic acids is 1. The summed E-state index contributed by atoms with van der Waals surface area (Å²) in [5, 5.41) is 17.8. The van der Waals surface area contributed by atoms with E-state index in [1.807, 2.05) is 39.5 Å². The zero-order chi connectivity index (χ0) is 28.4. The molecule has 9 nitrogen and oxygen atoms in total. The van der Waals surface area contributed by atoms with Gasteiger partial charge < -0.3 is 29.1 Å².